The Morgan fingerprint density at radius 3 is 2.84 bits per heavy atom. The van der Waals surface area contributed by atoms with Crippen LogP contribution in [0.1, 0.15) is 51.1 Å². The van der Waals surface area contributed by atoms with E-state index in [1.807, 2.05) is 6.92 Å². The van der Waals surface area contributed by atoms with Gasteiger partial charge in [0.2, 0.25) is 0 Å². The van der Waals surface area contributed by atoms with Crippen LogP contribution in [-0.2, 0) is 0 Å². The molecule has 0 spiro atoms. The first-order valence-electron chi connectivity index (χ1n) is 7.58. The lowest BCUT2D eigenvalue weighted by molar-refractivity contribution is 0.285. The Bertz CT molecular complexity index is 361. The maximum absolute atomic E-state index is 5.43. The molecule has 2 rings (SSSR count). The summed E-state index contributed by atoms with van der Waals surface area (Å²) in [6, 6.07) is 0.609. The fraction of sp³-hybridized carbons (Fsp3) is 0.800. The highest BCUT2D eigenvalue weighted by molar-refractivity contribution is 7.99. The Hall–Kier alpha value is -0.480. The van der Waals surface area contributed by atoms with Gasteiger partial charge in [-0.3, -0.25) is 0 Å². The van der Waals surface area contributed by atoms with Gasteiger partial charge in [-0.2, -0.15) is 0 Å². The highest BCUT2D eigenvalue weighted by Crippen LogP contribution is 2.29. The van der Waals surface area contributed by atoms with E-state index in [1.165, 1.54) is 38.5 Å². The fourth-order valence-electron chi connectivity index (χ4n) is 2.79. The summed E-state index contributed by atoms with van der Waals surface area (Å²) in [5.74, 6) is 1.91. The highest BCUT2D eigenvalue weighted by Gasteiger charge is 2.23. The van der Waals surface area contributed by atoms with Crippen LogP contribution in [0, 0.1) is 12.8 Å². The van der Waals surface area contributed by atoms with Crippen LogP contribution in [-0.4, -0.2) is 23.3 Å². The normalized spacial score (nSPS) is 18.6. The molecule has 1 atom stereocenters. The van der Waals surface area contributed by atoms with Crippen molar-refractivity contribution in [2.45, 2.75) is 63.6 Å². The molecule has 108 valence electrons. The van der Waals surface area contributed by atoms with E-state index in [9.17, 15) is 0 Å². The first-order valence-corrected chi connectivity index (χ1v) is 8.56. The van der Waals surface area contributed by atoms with Gasteiger partial charge in [0, 0.05) is 11.8 Å². The van der Waals surface area contributed by atoms with Crippen LogP contribution in [0.5, 0.6) is 0 Å². The van der Waals surface area contributed by atoms with Crippen LogP contribution >= 0.6 is 11.8 Å². The molecule has 0 amide bonds. The summed E-state index contributed by atoms with van der Waals surface area (Å²) in [6.45, 7) is 5.32. The van der Waals surface area contributed by atoms with Crippen LogP contribution < -0.4 is 5.32 Å². The molecule has 1 aliphatic carbocycles. The van der Waals surface area contributed by atoms with Gasteiger partial charge in [0.05, 0.1) is 5.69 Å². The first kappa shape index (κ1) is 14.9. The Morgan fingerprint density at radius 2 is 2.21 bits per heavy atom. The van der Waals surface area contributed by atoms with Gasteiger partial charge in [0.25, 0.3) is 5.22 Å². The van der Waals surface area contributed by atoms with Gasteiger partial charge in [-0.1, -0.05) is 37.9 Å². The average molecular weight is 282 g/mol. The zero-order valence-electron chi connectivity index (χ0n) is 12.2. The van der Waals surface area contributed by atoms with Gasteiger partial charge >= 0.3 is 0 Å². The number of nitrogens with zero attached hydrogens (tertiary/aromatic N) is 1. The lowest BCUT2D eigenvalue weighted by Gasteiger charge is -2.30. The first-order chi connectivity index (χ1) is 9.29. The molecule has 0 aromatic carbocycles. The summed E-state index contributed by atoms with van der Waals surface area (Å²) < 4.78 is 5.43. The number of rotatable bonds is 7. The van der Waals surface area contributed by atoms with E-state index >= 15 is 0 Å². The van der Waals surface area contributed by atoms with Gasteiger partial charge in [-0.05, 0) is 38.6 Å². The molecule has 4 heteroatoms. The minimum Gasteiger partial charge on any atom is -0.440 e. The zero-order chi connectivity index (χ0) is 13.5. The average Bonchev–Trinajstić information content (AvgIpc) is 2.86. The van der Waals surface area contributed by atoms with Crippen LogP contribution in [0.3, 0.4) is 0 Å². The molecule has 1 fully saturated rings. The molecule has 0 bridgehead atoms. The molecule has 1 unspecified atom stereocenters. The summed E-state index contributed by atoms with van der Waals surface area (Å²) in [5.41, 5.74) is 0.971. The van der Waals surface area contributed by atoms with E-state index in [0.717, 1.165) is 29.1 Å². The molecule has 0 radical (unpaired) electrons. The fourth-order valence-corrected chi connectivity index (χ4v) is 3.82. The van der Waals surface area contributed by atoms with Gasteiger partial charge in [-0.25, -0.2) is 4.98 Å². The second-order valence-electron chi connectivity index (χ2n) is 5.52. The third-order valence-electron chi connectivity index (χ3n) is 3.86. The van der Waals surface area contributed by atoms with E-state index in [4.69, 9.17) is 4.42 Å². The van der Waals surface area contributed by atoms with Crippen LogP contribution in [0.25, 0.3) is 0 Å². The smallest absolute Gasteiger partial charge is 0.255 e. The lowest BCUT2D eigenvalue weighted by atomic mass is 9.84. The molecule has 19 heavy (non-hydrogen) atoms. The highest BCUT2D eigenvalue weighted by atomic mass is 32.2. The standard InChI is InChI=1S/C15H26N2OS/c1-3-9-16-14(13-7-5-4-6-8-13)11-19-15-17-12(2)10-18-15/h10,13-14,16H,3-9,11H2,1-2H3. The minimum atomic E-state index is 0.609. The summed E-state index contributed by atoms with van der Waals surface area (Å²) >= 11 is 1.75. The van der Waals surface area contributed by atoms with Crippen LogP contribution in [0.15, 0.2) is 15.9 Å². The third kappa shape index (κ3) is 4.84. The number of oxazole rings is 1. The van der Waals surface area contributed by atoms with E-state index in [-0.39, 0.29) is 0 Å². The topological polar surface area (TPSA) is 38.1 Å². The van der Waals surface area contributed by atoms with Crippen molar-refractivity contribution >= 4 is 11.8 Å². The molecule has 1 heterocycles. The monoisotopic (exact) mass is 282 g/mol. The molecule has 0 aliphatic heterocycles. The second-order valence-corrected chi connectivity index (χ2v) is 6.50. The van der Waals surface area contributed by atoms with Crippen LogP contribution in [0.2, 0.25) is 0 Å². The minimum absolute atomic E-state index is 0.609. The number of thioether (sulfide) groups is 1. The van der Waals surface area contributed by atoms with Gasteiger partial charge in [-0.15, -0.1) is 0 Å². The molecule has 1 N–H and O–H groups in total. The van der Waals surface area contributed by atoms with Crippen molar-refractivity contribution in [3.8, 4) is 0 Å². The summed E-state index contributed by atoms with van der Waals surface area (Å²) in [5, 5.41) is 4.54. The number of nitrogens with one attached hydrogen (secondary N) is 1. The molecular weight excluding hydrogens is 256 g/mol. The van der Waals surface area contributed by atoms with Crippen LogP contribution in [0.4, 0.5) is 0 Å². The number of aromatic nitrogens is 1. The van der Waals surface area contributed by atoms with Crippen molar-refractivity contribution in [3.05, 3.63) is 12.0 Å². The van der Waals surface area contributed by atoms with E-state index < -0.39 is 0 Å². The van der Waals surface area contributed by atoms with Crippen molar-refractivity contribution in [1.82, 2.24) is 10.3 Å². The summed E-state index contributed by atoms with van der Waals surface area (Å²) in [7, 11) is 0. The molecule has 0 saturated heterocycles. The molecular formula is C15H26N2OS. The van der Waals surface area contributed by atoms with E-state index in [0.29, 0.717) is 6.04 Å². The maximum atomic E-state index is 5.43. The summed E-state index contributed by atoms with van der Waals surface area (Å²) in [6.07, 6.45) is 9.92. The zero-order valence-corrected chi connectivity index (χ0v) is 13.0. The predicted octanol–water partition coefficient (Wildman–Crippen LogP) is 4.02. The van der Waals surface area contributed by atoms with Crippen molar-refractivity contribution in [2.24, 2.45) is 5.92 Å². The van der Waals surface area contributed by atoms with Gasteiger partial charge in [0.15, 0.2) is 0 Å². The molecule has 1 aromatic rings. The Balaban J connectivity index is 1.85. The predicted molar refractivity (Wildman–Crippen MR) is 80.6 cm³/mol. The Kier molecular flexibility index (Phi) is 6.24. The second kappa shape index (κ2) is 7.95. The van der Waals surface area contributed by atoms with Crippen molar-refractivity contribution in [2.75, 3.05) is 12.3 Å². The molecule has 1 aliphatic rings. The van der Waals surface area contributed by atoms with E-state index in [1.54, 1.807) is 18.0 Å². The van der Waals surface area contributed by atoms with Crippen molar-refractivity contribution in [3.63, 3.8) is 0 Å². The molecule has 1 aromatic heterocycles. The number of aryl methyl sites for hydroxylation is 1. The number of hydrogen-bond acceptors (Lipinski definition) is 4. The Morgan fingerprint density at radius 1 is 1.42 bits per heavy atom. The van der Waals surface area contributed by atoms with Crippen molar-refractivity contribution < 1.29 is 4.42 Å². The third-order valence-corrected chi connectivity index (χ3v) is 4.82. The Labute approximate surface area is 120 Å². The molecule has 3 nitrogen and oxygen atoms in total. The quantitative estimate of drug-likeness (QED) is 0.766. The molecule has 1 saturated carbocycles. The maximum Gasteiger partial charge on any atom is 0.255 e. The van der Waals surface area contributed by atoms with Crippen molar-refractivity contribution in [1.29, 1.82) is 0 Å². The SMILES string of the molecule is CCCNC(CSc1nc(C)co1)C1CCCCC1. The van der Waals surface area contributed by atoms with E-state index in [2.05, 4.69) is 17.2 Å². The largest absolute Gasteiger partial charge is 0.440 e. The van der Waals surface area contributed by atoms with Gasteiger partial charge < -0.3 is 9.73 Å². The van der Waals surface area contributed by atoms with Gasteiger partial charge in [0.1, 0.15) is 6.26 Å². The summed E-state index contributed by atoms with van der Waals surface area (Å²) in [4.78, 5) is 4.38. The number of hydrogen-bond donors (Lipinski definition) is 1. The lowest BCUT2D eigenvalue weighted by Crippen LogP contribution is -2.39.